The minimum absolute atomic E-state index is 0.153. The third kappa shape index (κ3) is 1.84. The van der Waals surface area contributed by atoms with Crippen LogP contribution in [-0.4, -0.2) is 23.0 Å². The summed E-state index contributed by atoms with van der Waals surface area (Å²) in [6, 6.07) is 8.24. The van der Waals surface area contributed by atoms with Crippen LogP contribution in [0.1, 0.15) is 25.7 Å². The number of fused-ring (bicyclic) bond motifs is 2. The summed E-state index contributed by atoms with van der Waals surface area (Å²) in [5.74, 6) is 0. The van der Waals surface area contributed by atoms with Gasteiger partial charge in [0.1, 0.15) is 0 Å². The van der Waals surface area contributed by atoms with Gasteiger partial charge in [-0.25, -0.2) is 0 Å². The maximum absolute atomic E-state index is 10.6. The topological polar surface area (TPSA) is 72.4 Å². The van der Waals surface area contributed by atoms with Crippen molar-refractivity contribution in [2.75, 3.05) is 4.90 Å². The molecule has 0 aliphatic carbocycles. The fraction of sp³-hybridized carbons (Fsp3) is 0.538. The van der Waals surface area contributed by atoms with E-state index in [1.54, 1.807) is 12.1 Å². The third-order valence-corrected chi connectivity index (χ3v) is 4.13. The van der Waals surface area contributed by atoms with Crippen LogP contribution in [0.2, 0.25) is 0 Å². The van der Waals surface area contributed by atoms with Gasteiger partial charge in [-0.1, -0.05) is 0 Å². The largest absolute Gasteiger partial charge is 0.365 e. The summed E-state index contributed by atoms with van der Waals surface area (Å²) in [5, 5.41) is 10.6. The van der Waals surface area contributed by atoms with E-state index in [0.717, 1.165) is 18.5 Å². The van der Waals surface area contributed by atoms with Crippen molar-refractivity contribution in [3.63, 3.8) is 0 Å². The number of anilines is 1. The van der Waals surface area contributed by atoms with E-state index in [1.807, 2.05) is 12.1 Å². The zero-order valence-electron chi connectivity index (χ0n) is 10.2. The predicted molar refractivity (Wildman–Crippen MR) is 69.6 cm³/mol. The van der Waals surface area contributed by atoms with Gasteiger partial charge in [-0.2, -0.15) is 0 Å². The Morgan fingerprint density at radius 2 is 1.72 bits per heavy atom. The van der Waals surface area contributed by atoms with Gasteiger partial charge in [-0.05, 0) is 37.8 Å². The molecule has 96 valence electrons. The number of piperidine rings is 1. The Labute approximate surface area is 106 Å². The first-order valence-electron chi connectivity index (χ1n) is 6.43. The fourth-order valence-corrected chi connectivity index (χ4v) is 3.39. The van der Waals surface area contributed by atoms with Crippen molar-refractivity contribution in [3.8, 4) is 0 Å². The first-order chi connectivity index (χ1) is 8.65. The molecule has 18 heavy (non-hydrogen) atoms. The van der Waals surface area contributed by atoms with E-state index in [4.69, 9.17) is 5.73 Å². The van der Waals surface area contributed by atoms with Crippen molar-refractivity contribution in [1.82, 2.24) is 0 Å². The molecule has 0 amide bonds. The van der Waals surface area contributed by atoms with Gasteiger partial charge < -0.3 is 10.6 Å². The van der Waals surface area contributed by atoms with E-state index in [0.29, 0.717) is 18.1 Å². The lowest BCUT2D eigenvalue weighted by Crippen LogP contribution is -2.47. The van der Waals surface area contributed by atoms with Crippen molar-refractivity contribution >= 4 is 11.4 Å². The van der Waals surface area contributed by atoms with Crippen LogP contribution >= 0.6 is 0 Å². The van der Waals surface area contributed by atoms with Crippen LogP contribution in [0.25, 0.3) is 0 Å². The van der Waals surface area contributed by atoms with Crippen LogP contribution < -0.4 is 10.6 Å². The zero-order chi connectivity index (χ0) is 12.7. The molecule has 0 spiro atoms. The summed E-state index contributed by atoms with van der Waals surface area (Å²) in [7, 11) is 0. The second-order valence-corrected chi connectivity index (χ2v) is 5.30. The number of nitrogens with zero attached hydrogens (tertiary/aromatic N) is 2. The first kappa shape index (κ1) is 11.5. The molecule has 2 fully saturated rings. The van der Waals surface area contributed by atoms with Gasteiger partial charge in [-0.3, -0.25) is 10.1 Å². The highest BCUT2D eigenvalue weighted by Gasteiger charge is 2.39. The smallest absolute Gasteiger partial charge is 0.269 e. The van der Waals surface area contributed by atoms with Gasteiger partial charge in [0, 0.05) is 35.9 Å². The molecule has 2 aliphatic heterocycles. The molecule has 0 saturated carbocycles. The van der Waals surface area contributed by atoms with Gasteiger partial charge in [0.15, 0.2) is 0 Å². The van der Waals surface area contributed by atoms with E-state index >= 15 is 0 Å². The molecule has 1 aromatic carbocycles. The number of non-ortho nitro benzene ring substituents is 1. The summed E-state index contributed by atoms with van der Waals surface area (Å²) in [6.07, 6.45) is 4.45. The van der Waals surface area contributed by atoms with E-state index in [-0.39, 0.29) is 10.6 Å². The third-order valence-electron chi connectivity index (χ3n) is 4.13. The maximum Gasteiger partial charge on any atom is 0.269 e. The molecule has 1 aromatic rings. The van der Waals surface area contributed by atoms with Crippen LogP contribution in [0.3, 0.4) is 0 Å². The highest BCUT2D eigenvalue weighted by atomic mass is 16.6. The molecular formula is C13H17N3O2. The van der Waals surface area contributed by atoms with Gasteiger partial charge >= 0.3 is 0 Å². The van der Waals surface area contributed by atoms with Crippen molar-refractivity contribution in [1.29, 1.82) is 0 Å². The number of hydrogen-bond donors (Lipinski definition) is 1. The average Bonchev–Trinajstić information content (AvgIpc) is 2.62. The predicted octanol–water partition coefficient (Wildman–Crippen LogP) is 2.05. The van der Waals surface area contributed by atoms with Gasteiger partial charge in [0.05, 0.1) is 4.92 Å². The zero-order valence-corrected chi connectivity index (χ0v) is 10.2. The van der Waals surface area contributed by atoms with Crippen LogP contribution in [0.5, 0.6) is 0 Å². The molecule has 3 rings (SSSR count). The highest BCUT2D eigenvalue weighted by Crippen LogP contribution is 2.39. The highest BCUT2D eigenvalue weighted by molar-refractivity contribution is 5.54. The van der Waals surface area contributed by atoms with Crippen LogP contribution in [0.4, 0.5) is 11.4 Å². The number of hydrogen-bond acceptors (Lipinski definition) is 4. The average molecular weight is 247 g/mol. The minimum atomic E-state index is -0.357. The molecule has 2 aliphatic rings. The molecule has 2 N–H and O–H groups in total. The van der Waals surface area contributed by atoms with Crippen molar-refractivity contribution in [3.05, 3.63) is 34.4 Å². The molecular weight excluding hydrogens is 230 g/mol. The number of nitro groups is 1. The first-order valence-corrected chi connectivity index (χ1v) is 6.43. The lowest BCUT2D eigenvalue weighted by molar-refractivity contribution is -0.384. The van der Waals surface area contributed by atoms with Gasteiger partial charge in [-0.15, -0.1) is 0 Å². The summed E-state index contributed by atoms with van der Waals surface area (Å²) in [6.45, 7) is 0. The summed E-state index contributed by atoms with van der Waals surface area (Å²) in [4.78, 5) is 12.7. The Balaban J connectivity index is 1.85. The fourth-order valence-electron chi connectivity index (χ4n) is 3.39. The summed E-state index contributed by atoms with van der Waals surface area (Å²) < 4.78 is 0. The van der Waals surface area contributed by atoms with Crippen LogP contribution in [0.15, 0.2) is 24.3 Å². The lowest BCUT2D eigenvalue weighted by atomic mass is 9.97. The number of benzene rings is 1. The Morgan fingerprint density at radius 1 is 1.17 bits per heavy atom. The molecule has 2 bridgehead atoms. The molecule has 2 saturated heterocycles. The normalized spacial score (nSPS) is 30.5. The molecule has 2 atom stereocenters. The Bertz CT molecular complexity index is 446. The SMILES string of the molecule is NC1CC2CCC(C1)N2c1ccc([N+](=O)[O-])cc1. The molecule has 2 unspecified atom stereocenters. The standard InChI is InChI=1S/C13H17N3O2/c14-9-7-12-5-6-13(8-9)15(12)10-1-3-11(4-2-10)16(17)18/h1-4,9,12-13H,5-8,14H2. The van der Waals surface area contributed by atoms with Crippen LogP contribution in [-0.2, 0) is 0 Å². The molecule has 5 heteroatoms. The second-order valence-electron chi connectivity index (χ2n) is 5.30. The Kier molecular flexibility index (Phi) is 2.70. The van der Waals surface area contributed by atoms with E-state index in [2.05, 4.69) is 4.90 Å². The van der Waals surface area contributed by atoms with Crippen molar-refractivity contribution in [2.45, 2.75) is 43.8 Å². The van der Waals surface area contributed by atoms with Crippen LogP contribution in [0, 0.1) is 10.1 Å². The maximum atomic E-state index is 10.6. The van der Waals surface area contributed by atoms with Crippen molar-refractivity contribution in [2.24, 2.45) is 5.73 Å². The molecule has 2 heterocycles. The lowest BCUT2D eigenvalue weighted by Gasteiger charge is -2.39. The number of rotatable bonds is 2. The Morgan fingerprint density at radius 3 is 2.22 bits per heavy atom. The quantitative estimate of drug-likeness (QED) is 0.641. The minimum Gasteiger partial charge on any atom is -0.365 e. The Hall–Kier alpha value is -1.62. The molecule has 5 nitrogen and oxygen atoms in total. The van der Waals surface area contributed by atoms with Crippen molar-refractivity contribution < 1.29 is 4.92 Å². The second kappa shape index (κ2) is 4.24. The monoisotopic (exact) mass is 247 g/mol. The van der Waals surface area contributed by atoms with Gasteiger partial charge in [0.25, 0.3) is 5.69 Å². The molecule has 0 radical (unpaired) electrons. The van der Waals surface area contributed by atoms with E-state index < -0.39 is 0 Å². The summed E-state index contributed by atoms with van der Waals surface area (Å²) in [5.41, 5.74) is 7.29. The number of nitrogens with two attached hydrogens (primary N) is 1. The number of nitro benzene ring substituents is 1. The van der Waals surface area contributed by atoms with E-state index in [9.17, 15) is 10.1 Å². The summed E-state index contributed by atoms with van der Waals surface area (Å²) >= 11 is 0. The van der Waals surface area contributed by atoms with Gasteiger partial charge in [0.2, 0.25) is 0 Å². The molecule has 0 aromatic heterocycles. The van der Waals surface area contributed by atoms with E-state index in [1.165, 1.54) is 12.8 Å².